The zero-order valence-corrected chi connectivity index (χ0v) is 18.7. The quantitative estimate of drug-likeness (QED) is 0.528. The van der Waals surface area contributed by atoms with Gasteiger partial charge in [-0.15, -0.1) is 0 Å². The Morgan fingerprint density at radius 2 is 1.82 bits per heavy atom. The summed E-state index contributed by atoms with van der Waals surface area (Å²) < 4.78 is 68.5. The molecular formula is C22H17ClF2N2O5S. The van der Waals surface area contributed by atoms with Crippen LogP contribution in [0, 0.1) is 11.6 Å². The van der Waals surface area contributed by atoms with Crippen molar-refractivity contribution >= 4 is 33.2 Å². The number of para-hydroxylation sites is 1. The first kappa shape index (κ1) is 22.8. The van der Waals surface area contributed by atoms with Crippen LogP contribution in [-0.4, -0.2) is 34.6 Å². The molecule has 1 amide bonds. The van der Waals surface area contributed by atoms with Crippen LogP contribution in [0.2, 0.25) is 5.02 Å². The first-order valence-electron chi connectivity index (χ1n) is 9.61. The summed E-state index contributed by atoms with van der Waals surface area (Å²) in [6, 6.07) is 10.3. The number of rotatable bonds is 1. The Morgan fingerprint density at radius 3 is 2.58 bits per heavy atom. The molecule has 2 N–H and O–H groups in total. The van der Waals surface area contributed by atoms with Gasteiger partial charge in [0.15, 0.2) is 5.75 Å². The minimum Gasteiger partial charge on any atom is -0.494 e. The van der Waals surface area contributed by atoms with Crippen molar-refractivity contribution in [2.45, 2.75) is 4.90 Å². The highest BCUT2D eigenvalue weighted by Gasteiger charge is 2.27. The van der Waals surface area contributed by atoms with E-state index >= 15 is 0 Å². The predicted molar refractivity (Wildman–Crippen MR) is 118 cm³/mol. The zero-order chi connectivity index (χ0) is 23.8. The number of amides is 1. The number of sulfonamides is 1. The van der Waals surface area contributed by atoms with E-state index in [9.17, 15) is 22.0 Å². The number of fused-ring (bicyclic) bond motifs is 6. The van der Waals surface area contributed by atoms with Crippen LogP contribution in [0.3, 0.4) is 0 Å². The third-order valence-corrected chi connectivity index (χ3v) is 6.54. The number of carbonyl (C=O) groups excluding carboxylic acids is 1. The Labute approximate surface area is 193 Å². The van der Waals surface area contributed by atoms with Crippen LogP contribution in [0.1, 0.15) is 10.4 Å². The lowest BCUT2D eigenvalue weighted by atomic mass is 10.0. The standard InChI is InChI=1S/C22H17ClF2N2O5S/c1-31-21-15(23)8-12-9-20(21)33(29,30)27-18-10-14(16(24)11-17(18)25)13-4-2-3-5-19(13)32-7-6-26-22(12)28/h2-5,8-11,27H,6-7H2,1H3,(H,26,28). The fraction of sp³-hybridized carbons (Fsp3) is 0.136. The van der Waals surface area contributed by atoms with Gasteiger partial charge in [-0.3, -0.25) is 9.52 Å². The van der Waals surface area contributed by atoms with Crippen molar-refractivity contribution in [1.29, 1.82) is 0 Å². The van der Waals surface area contributed by atoms with E-state index < -0.39 is 38.1 Å². The van der Waals surface area contributed by atoms with Crippen LogP contribution < -0.4 is 19.5 Å². The van der Waals surface area contributed by atoms with Crippen LogP contribution in [-0.2, 0) is 10.0 Å². The van der Waals surface area contributed by atoms with Gasteiger partial charge in [0.05, 0.1) is 24.4 Å². The average molecular weight is 495 g/mol. The molecule has 11 heteroatoms. The summed E-state index contributed by atoms with van der Waals surface area (Å²) in [5.41, 5.74) is -0.374. The molecule has 0 aromatic heterocycles. The van der Waals surface area contributed by atoms with E-state index in [0.717, 1.165) is 12.1 Å². The van der Waals surface area contributed by atoms with E-state index in [1.807, 2.05) is 0 Å². The van der Waals surface area contributed by atoms with Crippen molar-refractivity contribution in [1.82, 2.24) is 5.32 Å². The predicted octanol–water partition coefficient (Wildman–Crippen LogP) is 4.22. The summed E-state index contributed by atoms with van der Waals surface area (Å²) in [5, 5.41) is 2.46. The van der Waals surface area contributed by atoms with E-state index in [0.29, 0.717) is 6.07 Å². The number of hydrogen-bond acceptors (Lipinski definition) is 5. The van der Waals surface area contributed by atoms with Gasteiger partial charge in [-0.05, 0) is 24.3 Å². The van der Waals surface area contributed by atoms with Gasteiger partial charge in [0, 0.05) is 22.8 Å². The minimum atomic E-state index is -4.51. The topological polar surface area (TPSA) is 93.7 Å². The monoisotopic (exact) mass is 494 g/mol. The summed E-state index contributed by atoms with van der Waals surface area (Å²) in [7, 11) is -3.31. The molecule has 0 radical (unpaired) electrons. The summed E-state index contributed by atoms with van der Waals surface area (Å²) >= 11 is 6.15. The molecule has 0 saturated heterocycles. The first-order chi connectivity index (χ1) is 15.7. The maximum absolute atomic E-state index is 14.7. The average Bonchev–Trinajstić information content (AvgIpc) is 2.77. The third-order valence-electron chi connectivity index (χ3n) is 4.89. The molecule has 1 aliphatic rings. The van der Waals surface area contributed by atoms with Crippen molar-refractivity contribution in [3.63, 3.8) is 0 Å². The Kier molecular flexibility index (Phi) is 6.13. The molecule has 4 bridgehead atoms. The molecule has 0 aliphatic carbocycles. The van der Waals surface area contributed by atoms with Gasteiger partial charge in [0.1, 0.15) is 28.9 Å². The van der Waals surface area contributed by atoms with E-state index in [1.54, 1.807) is 24.3 Å². The number of benzene rings is 3. The van der Waals surface area contributed by atoms with Crippen LogP contribution in [0.25, 0.3) is 11.1 Å². The number of carbonyl (C=O) groups is 1. The first-order valence-corrected chi connectivity index (χ1v) is 11.5. The molecule has 0 spiro atoms. The van der Waals surface area contributed by atoms with E-state index in [2.05, 4.69) is 10.0 Å². The molecule has 1 heterocycles. The molecule has 33 heavy (non-hydrogen) atoms. The van der Waals surface area contributed by atoms with Gasteiger partial charge in [-0.2, -0.15) is 0 Å². The fourth-order valence-corrected chi connectivity index (χ4v) is 5.00. The summed E-state index contributed by atoms with van der Waals surface area (Å²) in [6.45, 7) is 0.0972. The maximum Gasteiger partial charge on any atom is 0.265 e. The zero-order valence-electron chi connectivity index (χ0n) is 17.1. The second-order valence-electron chi connectivity index (χ2n) is 7.01. The highest BCUT2D eigenvalue weighted by Crippen LogP contribution is 2.37. The van der Waals surface area contributed by atoms with E-state index in [-0.39, 0.29) is 46.4 Å². The number of nitrogens with one attached hydrogen (secondary N) is 2. The summed E-state index contributed by atoms with van der Waals surface area (Å²) in [6.07, 6.45) is 0. The number of anilines is 1. The smallest absolute Gasteiger partial charge is 0.265 e. The maximum atomic E-state index is 14.7. The molecule has 4 rings (SSSR count). The van der Waals surface area contributed by atoms with Crippen LogP contribution in [0.5, 0.6) is 11.5 Å². The molecule has 0 unspecified atom stereocenters. The molecule has 172 valence electrons. The second-order valence-corrected chi connectivity index (χ2v) is 9.07. The molecule has 0 saturated carbocycles. The lowest BCUT2D eigenvalue weighted by molar-refractivity contribution is 0.0946. The number of halogens is 3. The van der Waals surface area contributed by atoms with Gasteiger partial charge in [0.2, 0.25) is 0 Å². The van der Waals surface area contributed by atoms with Crippen LogP contribution in [0.4, 0.5) is 14.5 Å². The summed E-state index contributed by atoms with van der Waals surface area (Å²) in [4.78, 5) is 12.1. The van der Waals surface area contributed by atoms with Crippen molar-refractivity contribution in [2.75, 3.05) is 25.0 Å². The lowest BCUT2D eigenvalue weighted by Crippen LogP contribution is -2.28. The molecule has 0 fully saturated rings. The molecule has 3 aromatic rings. The van der Waals surface area contributed by atoms with E-state index in [4.69, 9.17) is 21.1 Å². The number of methoxy groups -OCH3 is 1. The fourth-order valence-electron chi connectivity index (χ4n) is 3.37. The molecule has 1 aliphatic heterocycles. The Hall–Kier alpha value is -3.37. The molecular weight excluding hydrogens is 478 g/mol. The van der Waals surface area contributed by atoms with Gasteiger partial charge >= 0.3 is 0 Å². The third kappa shape index (κ3) is 4.44. The Morgan fingerprint density at radius 1 is 1.06 bits per heavy atom. The SMILES string of the molecule is COc1c(Cl)cc2cc1S(=O)(=O)Nc1cc(c(F)cc1F)-c1ccccc1OCCNC2=O. The van der Waals surface area contributed by atoms with Gasteiger partial charge in [-0.25, -0.2) is 17.2 Å². The van der Waals surface area contributed by atoms with Gasteiger partial charge < -0.3 is 14.8 Å². The van der Waals surface area contributed by atoms with Crippen molar-refractivity contribution in [3.8, 4) is 22.6 Å². The summed E-state index contributed by atoms with van der Waals surface area (Å²) in [5.74, 6) is -2.62. The van der Waals surface area contributed by atoms with Crippen LogP contribution in [0.15, 0.2) is 53.4 Å². The minimum absolute atomic E-state index is 0.0334. The largest absolute Gasteiger partial charge is 0.494 e. The van der Waals surface area contributed by atoms with E-state index in [1.165, 1.54) is 13.2 Å². The second kappa shape index (κ2) is 8.87. The molecule has 0 atom stereocenters. The highest BCUT2D eigenvalue weighted by atomic mass is 35.5. The highest BCUT2D eigenvalue weighted by molar-refractivity contribution is 7.92. The van der Waals surface area contributed by atoms with Crippen molar-refractivity contribution < 1.29 is 31.5 Å². The Balaban J connectivity index is 1.94. The van der Waals surface area contributed by atoms with Gasteiger partial charge in [0.25, 0.3) is 15.9 Å². The Bertz CT molecular complexity index is 1370. The van der Waals surface area contributed by atoms with Crippen molar-refractivity contribution in [3.05, 3.63) is 70.8 Å². The van der Waals surface area contributed by atoms with Crippen molar-refractivity contribution in [2.24, 2.45) is 0 Å². The van der Waals surface area contributed by atoms with Gasteiger partial charge in [-0.1, -0.05) is 29.8 Å². The lowest BCUT2D eigenvalue weighted by Gasteiger charge is -2.16. The normalized spacial score (nSPS) is 15.1. The molecule has 3 aromatic carbocycles. The van der Waals surface area contributed by atoms with Crippen LogP contribution >= 0.6 is 11.6 Å². The molecule has 7 nitrogen and oxygen atoms in total. The number of ether oxygens (including phenoxy) is 2. The number of hydrogen-bond donors (Lipinski definition) is 2.